The van der Waals surface area contributed by atoms with Crippen LogP contribution in [0.1, 0.15) is 34.3 Å². The molecule has 2 amide bonds. The maximum atomic E-state index is 12.6. The summed E-state index contributed by atoms with van der Waals surface area (Å²) in [4.78, 5) is 24.9. The van der Waals surface area contributed by atoms with Crippen LogP contribution in [0, 0.1) is 0 Å². The number of carbonyl (C=O) groups is 2. The standard InChI is InChI=1S/C24H24N2O2/c27-23(17-9-14-19-10-3-1-4-11-19)26-22-16-8-7-15-21(22)24(28)25-18-20-12-5-2-6-13-20/h1-8,10-13,15-16H,9,14,17-18H2,(H,25,28)(H,26,27). The molecule has 142 valence electrons. The second kappa shape index (κ2) is 10.1. The van der Waals surface area contributed by atoms with Crippen LogP contribution in [0.5, 0.6) is 0 Å². The first-order chi connectivity index (χ1) is 13.7. The van der Waals surface area contributed by atoms with Crippen molar-refractivity contribution in [1.29, 1.82) is 0 Å². The molecule has 0 radical (unpaired) electrons. The van der Waals surface area contributed by atoms with Crippen molar-refractivity contribution in [3.8, 4) is 0 Å². The van der Waals surface area contributed by atoms with Gasteiger partial charge in [-0.1, -0.05) is 72.8 Å². The van der Waals surface area contributed by atoms with Crippen LogP contribution in [-0.4, -0.2) is 11.8 Å². The van der Waals surface area contributed by atoms with Crippen LogP contribution in [0.2, 0.25) is 0 Å². The Morgan fingerprint density at radius 2 is 1.32 bits per heavy atom. The first-order valence-corrected chi connectivity index (χ1v) is 9.47. The van der Waals surface area contributed by atoms with E-state index in [1.54, 1.807) is 18.2 Å². The average molecular weight is 372 g/mol. The van der Waals surface area contributed by atoms with Crippen molar-refractivity contribution < 1.29 is 9.59 Å². The molecule has 0 saturated carbocycles. The Kier molecular flexibility index (Phi) is 6.96. The maximum Gasteiger partial charge on any atom is 0.253 e. The van der Waals surface area contributed by atoms with Crippen molar-refractivity contribution in [2.75, 3.05) is 5.32 Å². The van der Waals surface area contributed by atoms with Crippen LogP contribution >= 0.6 is 0 Å². The Morgan fingerprint density at radius 1 is 0.714 bits per heavy atom. The van der Waals surface area contributed by atoms with E-state index in [-0.39, 0.29) is 11.8 Å². The minimum Gasteiger partial charge on any atom is -0.348 e. The monoisotopic (exact) mass is 372 g/mol. The SMILES string of the molecule is O=C(CCCc1ccccc1)Nc1ccccc1C(=O)NCc1ccccc1. The molecular formula is C24H24N2O2. The lowest BCUT2D eigenvalue weighted by atomic mass is 10.1. The highest BCUT2D eigenvalue weighted by molar-refractivity contribution is 6.03. The number of carbonyl (C=O) groups excluding carboxylic acids is 2. The summed E-state index contributed by atoms with van der Waals surface area (Å²) in [5.41, 5.74) is 3.25. The highest BCUT2D eigenvalue weighted by Crippen LogP contribution is 2.16. The zero-order chi connectivity index (χ0) is 19.6. The molecule has 0 unspecified atom stereocenters. The topological polar surface area (TPSA) is 58.2 Å². The van der Waals surface area contributed by atoms with Gasteiger partial charge in [0, 0.05) is 13.0 Å². The van der Waals surface area contributed by atoms with Crippen molar-refractivity contribution in [2.45, 2.75) is 25.8 Å². The molecule has 0 saturated heterocycles. The predicted octanol–water partition coefficient (Wildman–Crippen LogP) is 4.58. The van der Waals surface area contributed by atoms with Gasteiger partial charge in [0.25, 0.3) is 5.91 Å². The van der Waals surface area contributed by atoms with Gasteiger partial charge in [-0.25, -0.2) is 0 Å². The second-order valence-electron chi connectivity index (χ2n) is 6.60. The zero-order valence-electron chi connectivity index (χ0n) is 15.7. The molecule has 0 bridgehead atoms. The number of hydrogen-bond acceptors (Lipinski definition) is 2. The van der Waals surface area contributed by atoms with Gasteiger partial charge >= 0.3 is 0 Å². The summed E-state index contributed by atoms with van der Waals surface area (Å²) in [5.74, 6) is -0.289. The van der Waals surface area contributed by atoms with Gasteiger partial charge in [0.2, 0.25) is 5.91 Å². The minimum absolute atomic E-state index is 0.0840. The van der Waals surface area contributed by atoms with E-state index in [0.717, 1.165) is 18.4 Å². The van der Waals surface area contributed by atoms with Gasteiger partial charge in [0.1, 0.15) is 0 Å². The number of amides is 2. The number of anilines is 1. The van der Waals surface area contributed by atoms with E-state index in [1.807, 2.05) is 54.6 Å². The molecule has 28 heavy (non-hydrogen) atoms. The lowest BCUT2D eigenvalue weighted by Gasteiger charge is -2.11. The lowest BCUT2D eigenvalue weighted by Crippen LogP contribution is -2.24. The van der Waals surface area contributed by atoms with Gasteiger partial charge in [0.15, 0.2) is 0 Å². The molecule has 0 aliphatic carbocycles. The molecule has 4 nitrogen and oxygen atoms in total. The van der Waals surface area contributed by atoms with Crippen LogP contribution in [0.4, 0.5) is 5.69 Å². The fourth-order valence-electron chi connectivity index (χ4n) is 2.97. The van der Waals surface area contributed by atoms with E-state index in [9.17, 15) is 9.59 Å². The highest BCUT2D eigenvalue weighted by atomic mass is 16.2. The summed E-state index contributed by atoms with van der Waals surface area (Å²) in [7, 11) is 0. The van der Waals surface area contributed by atoms with Crippen molar-refractivity contribution in [2.24, 2.45) is 0 Å². The van der Waals surface area contributed by atoms with Crippen LogP contribution in [0.25, 0.3) is 0 Å². The van der Waals surface area contributed by atoms with Crippen LogP contribution in [-0.2, 0) is 17.8 Å². The zero-order valence-corrected chi connectivity index (χ0v) is 15.7. The van der Waals surface area contributed by atoms with Gasteiger partial charge in [-0.2, -0.15) is 0 Å². The predicted molar refractivity (Wildman–Crippen MR) is 112 cm³/mol. The molecule has 0 aliphatic heterocycles. The fourth-order valence-corrected chi connectivity index (χ4v) is 2.97. The number of para-hydroxylation sites is 1. The molecule has 3 aromatic rings. The third kappa shape index (κ3) is 5.81. The summed E-state index contributed by atoms with van der Waals surface area (Å²) in [6, 6.07) is 26.9. The van der Waals surface area contributed by atoms with E-state index < -0.39 is 0 Å². The number of hydrogen-bond donors (Lipinski definition) is 2. The number of benzene rings is 3. The van der Waals surface area contributed by atoms with Gasteiger partial charge in [-0.05, 0) is 36.1 Å². The molecule has 0 aromatic heterocycles. The third-order valence-corrected chi connectivity index (χ3v) is 4.45. The molecule has 0 spiro atoms. The van der Waals surface area contributed by atoms with E-state index in [4.69, 9.17) is 0 Å². The summed E-state index contributed by atoms with van der Waals surface area (Å²) < 4.78 is 0. The first-order valence-electron chi connectivity index (χ1n) is 9.47. The smallest absolute Gasteiger partial charge is 0.253 e. The Morgan fingerprint density at radius 3 is 2.04 bits per heavy atom. The maximum absolute atomic E-state index is 12.6. The molecule has 3 rings (SSSR count). The molecular weight excluding hydrogens is 348 g/mol. The molecule has 0 fully saturated rings. The Bertz CT molecular complexity index is 908. The van der Waals surface area contributed by atoms with Gasteiger partial charge in [-0.3, -0.25) is 9.59 Å². The molecule has 4 heteroatoms. The largest absolute Gasteiger partial charge is 0.348 e. The molecule has 2 N–H and O–H groups in total. The van der Waals surface area contributed by atoms with Crippen LogP contribution < -0.4 is 10.6 Å². The summed E-state index contributed by atoms with van der Waals surface area (Å²) in [6.07, 6.45) is 2.03. The fraction of sp³-hybridized carbons (Fsp3) is 0.167. The van der Waals surface area contributed by atoms with Gasteiger partial charge < -0.3 is 10.6 Å². The highest BCUT2D eigenvalue weighted by Gasteiger charge is 2.12. The summed E-state index contributed by atoms with van der Waals surface area (Å²) in [6.45, 7) is 0.443. The van der Waals surface area contributed by atoms with E-state index >= 15 is 0 Å². The first kappa shape index (κ1) is 19.4. The molecule has 0 aliphatic rings. The minimum atomic E-state index is -0.205. The Balaban J connectivity index is 1.54. The van der Waals surface area contributed by atoms with Gasteiger partial charge in [0.05, 0.1) is 11.3 Å². The Hall–Kier alpha value is -3.40. The lowest BCUT2D eigenvalue weighted by molar-refractivity contribution is -0.116. The molecule has 0 atom stereocenters. The third-order valence-electron chi connectivity index (χ3n) is 4.45. The second-order valence-corrected chi connectivity index (χ2v) is 6.60. The quantitative estimate of drug-likeness (QED) is 0.608. The number of nitrogens with one attached hydrogen (secondary N) is 2. The normalized spacial score (nSPS) is 10.3. The van der Waals surface area contributed by atoms with Gasteiger partial charge in [-0.15, -0.1) is 0 Å². The summed E-state index contributed by atoms with van der Waals surface area (Å²) >= 11 is 0. The van der Waals surface area contributed by atoms with Crippen molar-refractivity contribution >= 4 is 17.5 Å². The molecule has 0 heterocycles. The van der Waals surface area contributed by atoms with Crippen molar-refractivity contribution in [3.05, 3.63) is 102 Å². The van der Waals surface area contributed by atoms with E-state index in [0.29, 0.717) is 24.2 Å². The summed E-state index contributed by atoms with van der Waals surface area (Å²) in [5, 5.41) is 5.78. The van der Waals surface area contributed by atoms with Crippen LogP contribution in [0.3, 0.4) is 0 Å². The average Bonchev–Trinajstić information content (AvgIpc) is 2.74. The Labute approximate surface area is 165 Å². The van der Waals surface area contributed by atoms with Crippen molar-refractivity contribution in [1.82, 2.24) is 5.32 Å². The van der Waals surface area contributed by atoms with E-state index in [1.165, 1.54) is 5.56 Å². The van der Waals surface area contributed by atoms with Crippen LogP contribution in [0.15, 0.2) is 84.9 Å². The molecule has 3 aromatic carbocycles. The number of aryl methyl sites for hydroxylation is 1. The van der Waals surface area contributed by atoms with Crippen molar-refractivity contribution in [3.63, 3.8) is 0 Å². The van der Waals surface area contributed by atoms with E-state index in [2.05, 4.69) is 22.8 Å². The number of rotatable bonds is 8.